The molecule has 1 aliphatic heterocycles. The molecule has 0 bridgehead atoms. The number of rotatable bonds is 4. The predicted molar refractivity (Wildman–Crippen MR) is 102 cm³/mol. The summed E-state index contributed by atoms with van der Waals surface area (Å²) in [6.07, 6.45) is 0.231. The van der Waals surface area contributed by atoms with Crippen LogP contribution in [0.15, 0.2) is 52.3 Å². The molecule has 8 heteroatoms. The topological polar surface area (TPSA) is 92.6 Å². The van der Waals surface area contributed by atoms with Crippen molar-refractivity contribution in [3.8, 4) is 0 Å². The maximum Gasteiger partial charge on any atom is 0.284 e. The fourth-order valence-corrected chi connectivity index (χ4v) is 3.67. The van der Waals surface area contributed by atoms with E-state index < -0.39 is 4.92 Å². The van der Waals surface area contributed by atoms with Crippen LogP contribution in [0.25, 0.3) is 0 Å². The summed E-state index contributed by atoms with van der Waals surface area (Å²) in [5, 5.41) is 14.2. The van der Waals surface area contributed by atoms with E-state index in [0.29, 0.717) is 24.5 Å². The van der Waals surface area contributed by atoms with Crippen LogP contribution in [0, 0.1) is 17.0 Å². The first-order chi connectivity index (χ1) is 12.9. The van der Waals surface area contributed by atoms with Crippen molar-refractivity contribution < 1.29 is 14.5 Å². The van der Waals surface area contributed by atoms with Gasteiger partial charge in [-0.2, -0.15) is 0 Å². The van der Waals surface area contributed by atoms with Crippen molar-refractivity contribution in [2.45, 2.75) is 23.1 Å². The van der Waals surface area contributed by atoms with E-state index in [1.54, 1.807) is 17.0 Å². The Labute approximate surface area is 160 Å². The lowest BCUT2D eigenvalue weighted by atomic mass is 10.1. The minimum atomic E-state index is -0.471. The molecule has 0 saturated carbocycles. The second-order valence-corrected chi connectivity index (χ2v) is 7.36. The van der Waals surface area contributed by atoms with E-state index in [9.17, 15) is 19.7 Å². The van der Waals surface area contributed by atoms with Crippen LogP contribution in [0.1, 0.15) is 22.3 Å². The summed E-state index contributed by atoms with van der Waals surface area (Å²) in [6.45, 7) is 3.05. The fraction of sp³-hybridized carbons (Fsp3) is 0.263. The zero-order valence-corrected chi connectivity index (χ0v) is 15.6. The average Bonchev–Trinajstić information content (AvgIpc) is 2.87. The fourth-order valence-electron chi connectivity index (χ4n) is 2.77. The zero-order valence-electron chi connectivity index (χ0n) is 14.8. The van der Waals surface area contributed by atoms with Crippen molar-refractivity contribution in [3.05, 3.63) is 63.7 Å². The smallest absolute Gasteiger partial charge is 0.284 e. The minimum Gasteiger partial charge on any atom is -0.354 e. The van der Waals surface area contributed by atoms with Gasteiger partial charge in [-0.1, -0.05) is 29.5 Å². The molecule has 0 aliphatic carbocycles. The molecular formula is C19H19N3O4S. The van der Waals surface area contributed by atoms with Crippen molar-refractivity contribution in [2.24, 2.45) is 0 Å². The number of carbonyl (C=O) groups excluding carboxylic acids is 2. The van der Waals surface area contributed by atoms with E-state index in [2.05, 4.69) is 5.32 Å². The van der Waals surface area contributed by atoms with Gasteiger partial charge in [0, 0.05) is 42.6 Å². The summed E-state index contributed by atoms with van der Waals surface area (Å²) < 4.78 is 0. The normalized spacial score (nSPS) is 14.4. The minimum absolute atomic E-state index is 0.0962. The highest BCUT2D eigenvalue weighted by Crippen LogP contribution is 2.35. The van der Waals surface area contributed by atoms with Crippen LogP contribution in [0.2, 0.25) is 0 Å². The van der Waals surface area contributed by atoms with Gasteiger partial charge in [-0.05, 0) is 31.2 Å². The third-order valence-electron chi connectivity index (χ3n) is 4.25. The monoisotopic (exact) mass is 385 g/mol. The number of aryl methyl sites for hydroxylation is 1. The largest absolute Gasteiger partial charge is 0.354 e. The maximum absolute atomic E-state index is 12.7. The summed E-state index contributed by atoms with van der Waals surface area (Å²) in [5.74, 6) is -0.400. The lowest BCUT2D eigenvalue weighted by Crippen LogP contribution is -2.34. The Morgan fingerprint density at radius 3 is 2.63 bits per heavy atom. The second kappa shape index (κ2) is 8.22. The second-order valence-electron chi connectivity index (χ2n) is 6.25. The third-order valence-corrected chi connectivity index (χ3v) is 5.32. The number of nitro benzene ring substituents is 1. The van der Waals surface area contributed by atoms with Gasteiger partial charge in [0.1, 0.15) is 0 Å². The molecule has 3 rings (SSSR count). The van der Waals surface area contributed by atoms with E-state index >= 15 is 0 Å². The lowest BCUT2D eigenvalue weighted by molar-refractivity contribution is -0.387. The number of benzene rings is 2. The molecule has 27 heavy (non-hydrogen) atoms. The van der Waals surface area contributed by atoms with Crippen LogP contribution in [-0.2, 0) is 4.79 Å². The van der Waals surface area contributed by atoms with Gasteiger partial charge in [-0.15, -0.1) is 0 Å². The van der Waals surface area contributed by atoms with Crippen LogP contribution < -0.4 is 5.32 Å². The molecule has 1 saturated heterocycles. The number of nitrogens with zero attached hydrogens (tertiary/aromatic N) is 2. The van der Waals surface area contributed by atoms with Gasteiger partial charge in [0.25, 0.3) is 11.6 Å². The van der Waals surface area contributed by atoms with Gasteiger partial charge in [0.2, 0.25) is 5.91 Å². The van der Waals surface area contributed by atoms with Gasteiger partial charge in [0.15, 0.2) is 0 Å². The molecule has 7 nitrogen and oxygen atoms in total. The third kappa shape index (κ3) is 4.65. The zero-order chi connectivity index (χ0) is 19.4. The summed E-state index contributed by atoms with van der Waals surface area (Å²) in [5.41, 5.74) is 1.26. The van der Waals surface area contributed by atoms with E-state index in [0.717, 1.165) is 10.5 Å². The molecule has 1 fully saturated rings. The first kappa shape index (κ1) is 18.9. The number of nitrogens with one attached hydrogen (secondary N) is 1. The molecule has 140 valence electrons. The molecule has 2 aromatic rings. The Morgan fingerprint density at radius 1 is 1.19 bits per heavy atom. The molecule has 1 N–H and O–H groups in total. The van der Waals surface area contributed by atoms with Crippen LogP contribution in [-0.4, -0.2) is 41.3 Å². The standard InChI is InChI=1S/C19H19N3O4S/c1-13-2-5-15(6-3-13)27-17-7-4-14(12-16(17)22(25)26)19(24)21-10-8-18(23)20-9-11-21/h2-7,12H,8-11H2,1H3,(H,20,23). The molecule has 2 aromatic carbocycles. The van der Waals surface area contributed by atoms with Gasteiger partial charge in [-0.3, -0.25) is 19.7 Å². The Hall–Kier alpha value is -2.87. The molecule has 0 unspecified atom stereocenters. The first-order valence-corrected chi connectivity index (χ1v) is 9.34. The Bertz CT molecular complexity index is 883. The summed E-state index contributed by atoms with van der Waals surface area (Å²) in [4.78, 5) is 38.1. The van der Waals surface area contributed by atoms with Gasteiger partial charge >= 0.3 is 0 Å². The van der Waals surface area contributed by atoms with Crippen LogP contribution >= 0.6 is 11.8 Å². The first-order valence-electron chi connectivity index (χ1n) is 8.53. The molecule has 0 aromatic heterocycles. The Balaban J connectivity index is 1.84. The van der Waals surface area contributed by atoms with Crippen LogP contribution in [0.3, 0.4) is 0 Å². The Morgan fingerprint density at radius 2 is 1.93 bits per heavy atom. The predicted octanol–water partition coefficient (Wildman–Crippen LogP) is 3.02. The summed E-state index contributed by atoms with van der Waals surface area (Å²) in [7, 11) is 0. The quantitative estimate of drug-likeness (QED) is 0.645. The van der Waals surface area contributed by atoms with E-state index in [4.69, 9.17) is 0 Å². The highest BCUT2D eigenvalue weighted by Gasteiger charge is 2.23. The molecule has 0 atom stereocenters. The number of carbonyl (C=O) groups is 2. The molecule has 1 heterocycles. The van der Waals surface area contributed by atoms with Gasteiger partial charge in [0.05, 0.1) is 9.82 Å². The Kier molecular flexibility index (Phi) is 5.75. The lowest BCUT2D eigenvalue weighted by Gasteiger charge is -2.19. The summed E-state index contributed by atoms with van der Waals surface area (Å²) >= 11 is 1.29. The SMILES string of the molecule is Cc1ccc(Sc2ccc(C(=O)N3CCNC(=O)CC3)cc2[N+](=O)[O-])cc1. The average molecular weight is 385 g/mol. The van der Waals surface area contributed by atoms with Crippen molar-refractivity contribution in [1.29, 1.82) is 0 Å². The van der Waals surface area contributed by atoms with Gasteiger partial charge < -0.3 is 10.2 Å². The maximum atomic E-state index is 12.7. The van der Waals surface area contributed by atoms with Gasteiger partial charge in [-0.25, -0.2) is 0 Å². The summed E-state index contributed by atoms with van der Waals surface area (Å²) in [6, 6.07) is 12.2. The van der Waals surface area contributed by atoms with Crippen molar-refractivity contribution in [1.82, 2.24) is 10.2 Å². The van der Waals surface area contributed by atoms with Crippen molar-refractivity contribution in [2.75, 3.05) is 19.6 Å². The number of nitro groups is 1. The molecule has 2 amide bonds. The van der Waals surface area contributed by atoms with Crippen molar-refractivity contribution in [3.63, 3.8) is 0 Å². The molecular weight excluding hydrogens is 366 g/mol. The number of hydrogen-bond acceptors (Lipinski definition) is 5. The number of hydrogen-bond donors (Lipinski definition) is 1. The van der Waals surface area contributed by atoms with E-state index in [1.165, 1.54) is 17.8 Å². The van der Waals surface area contributed by atoms with Crippen molar-refractivity contribution >= 4 is 29.3 Å². The van der Waals surface area contributed by atoms with E-state index in [-0.39, 0.29) is 29.5 Å². The highest BCUT2D eigenvalue weighted by atomic mass is 32.2. The van der Waals surface area contributed by atoms with Crippen LogP contribution in [0.4, 0.5) is 5.69 Å². The number of amides is 2. The van der Waals surface area contributed by atoms with E-state index in [1.807, 2.05) is 31.2 Å². The highest BCUT2D eigenvalue weighted by molar-refractivity contribution is 7.99. The molecule has 1 aliphatic rings. The van der Waals surface area contributed by atoms with Crippen LogP contribution in [0.5, 0.6) is 0 Å². The molecule has 0 radical (unpaired) electrons. The molecule has 0 spiro atoms.